The Hall–Kier alpha value is -0.330. The molecule has 3 fully saturated rings. The van der Waals surface area contributed by atoms with Crippen LogP contribution in [0.4, 0.5) is 0 Å². The summed E-state index contributed by atoms with van der Waals surface area (Å²) in [5.74, 6) is 1.01. The van der Waals surface area contributed by atoms with Crippen molar-refractivity contribution < 1.29 is 4.79 Å². The van der Waals surface area contributed by atoms with Gasteiger partial charge >= 0.3 is 0 Å². The van der Waals surface area contributed by atoms with Gasteiger partial charge in [-0.1, -0.05) is 20.8 Å². The minimum atomic E-state index is 0.152. The van der Waals surface area contributed by atoms with Crippen LogP contribution in [0, 0.1) is 22.2 Å². The van der Waals surface area contributed by atoms with Crippen molar-refractivity contribution in [3.8, 4) is 0 Å². The van der Waals surface area contributed by atoms with E-state index in [1.807, 2.05) is 0 Å². The standard InChI is InChI=1S/C12H18O/c1-10(2)8-4-5-11(10,3)12(6-7-12)9(8)13/h8H,4-7H2,1-3H3. The summed E-state index contributed by atoms with van der Waals surface area (Å²) in [6.45, 7) is 7.00. The van der Waals surface area contributed by atoms with Gasteiger partial charge in [0, 0.05) is 11.3 Å². The summed E-state index contributed by atoms with van der Waals surface area (Å²) in [6, 6.07) is 0. The Morgan fingerprint density at radius 3 is 2.08 bits per heavy atom. The lowest BCUT2D eigenvalue weighted by atomic mass is 9.65. The Kier molecular flexibility index (Phi) is 1.07. The topological polar surface area (TPSA) is 17.1 Å². The van der Waals surface area contributed by atoms with E-state index in [1.54, 1.807) is 0 Å². The fourth-order valence-corrected chi connectivity index (χ4v) is 4.34. The summed E-state index contributed by atoms with van der Waals surface area (Å²) in [5, 5.41) is 0. The molecule has 1 nitrogen and oxygen atoms in total. The zero-order valence-corrected chi connectivity index (χ0v) is 8.81. The van der Waals surface area contributed by atoms with Crippen molar-refractivity contribution in [1.29, 1.82) is 0 Å². The second-order valence-electron chi connectivity index (χ2n) is 6.09. The van der Waals surface area contributed by atoms with Crippen LogP contribution in [0.3, 0.4) is 0 Å². The van der Waals surface area contributed by atoms with E-state index in [-0.39, 0.29) is 10.8 Å². The fourth-order valence-electron chi connectivity index (χ4n) is 4.34. The molecule has 3 rings (SSSR count). The second-order valence-corrected chi connectivity index (χ2v) is 6.09. The van der Waals surface area contributed by atoms with Gasteiger partial charge in [-0.15, -0.1) is 0 Å². The van der Waals surface area contributed by atoms with E-state index in [4.69, 9.17) is 0 Å². The molecule has 0 heterocycles. The number of carbonyl (C=O) groups is 1. The van der Waals surface area contributed by atoms with Gasteiger partial charge in [0.2, 0.25) is 0 Å². The summed E-state index contributed by atoms with van der Waals surface area (Å²) in [4.78, 5) is 12.2. The van der Waals surface area contributed by atoms with Crippen LogP contribution in [0.5, 0.6) is 0 Å². The van der Waals surface area contributed by atoms with Gasteiger partial charge in [0.1, 0.15) is 5.78 Å². The summed E-state index contributed by atoms with van der Waals surface area (Å²) < 4.78 is 0. The smallest absolute Gasteiger partial charge is 0.143 e. The third-order valence-electron chi connectivity index (χ3n) is 5.82. The first-order valence-corrected chi connectivity index (χ1v) is 5.50. The molecule has 3 aliphatic carbocycles. The van der Waals surface area contributed by atoms with Crippen molar-refractivity contribution >= 4 is 5.78 Å². The molecular formula is C12H18O. The normalized spacial score (nSPS) is 48.8. The number of carbonyl (C=O) groups excluding carboxylic acids is 1. The van der Waals surface area contributed by atoms with E-state index < -0.39 is 0 Å². The minimum Gasteiger partial charge on any atom is -0.299 e. The van der Waals surface area contributed by atoms with Gasteiger partial charge in [0.05, 0.1) is 0 Å². The number of fused-ring (bicyclic) bond motifs is 3. The Bertz CT molecular complexity index is 298. The van der Waals surface area contributed by atoms with Gasteiger partial charge in [-0.25, -0.2) is 0 Å². The SMILES string of the molecule is CC1(C)C2CCC1(C)C1(CC1)C2=O. The first kappa shape index (κ1) is 8.02. The monoisotopic (exact) mass is 178 g/mol. The van der Waals surface area contributed by atoms with Crippen molar-refractivity contribution in [3.05, 3.63) is 0 Å². The van der Waals surface area contributed by atoms with E-state index in [2.05, 4.69) is 20.8 Å². The van der Waals surface area contributed by atoms with Gasteiger partial charge in [-0.2, -0.15) is 0 Å². The lowest BCUT2D eigenvalue weighted by molar-refractivity contribution is -0.128. The zero-order valence-electron chi connectivity index (χ0n) is 8.81. The highest BCUT2D eigenvalue weighted by Gasteiger charge is 2.77. The van der Waals surface area contributed by atoms with Gasteiger partial charge in [0.25, 0.3) is 0 Å². The van der Waals surface area contributed by atoms with E-state index in [0.717, 1.165) is 6.42 Å². The Morgan fingerprint density at radius 2 is 1.77 bits per heavy atom. The molecule has 2 unspecified atom stereocenters. The maximum Gasteiger partial charge on any atom is 0.143 e. The molecule has 0 radical (unpaired) electrons. The second kappa shape index (κ2) is 1.74. The van der Waals surface area contributed by atoms with Crippen molar-refractivity contribution in [2.45, 2.75) is 46.5 Å². The van der Waals surface area contributed by atoms with Gasteiger partial charge in [0.15, 0.2) is 0 Å². The number of hydrogen-bond acceptors (Lipinski definition) is 1. The Morgan fingerprint density at radius 1 is 1.15 bits per heavy atom. The third kappa shape index (κ3) is 0.547. The summed E-state index contributed by atoms with van der Waals surface area (Å²) in [5.41, 5.74) is 0.766. The molecule has 1 heteroatoms. The molecule has 72 valence electrons. The lowest BCUT2D eigenvalue weighted by Crippen LogP contribution is -2.34. The molecule has 0 aliphatic heterocycles. The maximum atomic E-state index is 12.2. The van der Waals surface area contributed by atoms with E-state index >= 15 is 0 Å². The molecule has 0 saturated heterocycles. The van der Waals surface area contributed by atoms with Crippen LogP contribution in [-0.2, 0) is 4.79 Å². The van der Waals surface area contributed by atoms with Crippen molar-refractivity contribution in [2.75, 3.05) is 0 Å². The van der Waals surface area contributed by atoms with Crippen molar-refractivity contribution in [2.24, 2.45) is 22.2 Å². The highest BCUT2D eigenvalue weighted by atomic mass is 16.1. The predicted molar refractivity (Wildman–Crippen MR) is 51.3 cm³/mol. The van der Waals surface area contributed by atoms with Gasteiger partial charge < -0.3 is 0 Å². The molecule has 0 aromatic carbocycles. The van der Waals surface area contributed by atoms with E-state index in [0.29, 0.717) is 17.1 Å². The van der Waals surface area contributed by atoms with E-state index in [9.17, 15) is 4.79 Å². The Labute approximate surface area is 79.9 Å². The van der Waals surface area contributed by atoms with Crippen LogP contribution in [0.2, 0.25) is 0 Å². The highest BCUT2D eigenvalue weighted by molar-refractivity contribution is 5.95. The predicted octanol–water partition coefficient (Wildman–Crippen LogP) is 2.79. The largest absolute Gasteiger partial charge is 0.299 e. The molecule has 2 bridgehead atoms. The number of Topliss-reactive ketones (excluding diaryl/α,β-unsaturated/α-hetero) is 1. The van der Waals surface area contributed by atoms with Crippen molar-refractivity contribution in [3.63, 3.8) is 0 Å². The van der Waals surface area contributed by atoms with Crippen LogP contribution in [0.15, 0.2) is 0 Å². The van der Waals surface area contributed by atoms with E-state index in [1.165, 1.54) is 19.3 Å². The van der Waals surface area contributed by atoms with Crippen LogP contribution < -0.4 is 0 Å². The fraction of sp³-hybridized carbons (Fsp3) is 0.917. The quantitative estimate of drug-likeness (QED) is 0.557. The molecular weight excluding hydrogens is 160 g/mol. The molecule has 0 aromatic heterocycles. The average Bonchev–Trinajstić information content (AvgIpc) is 2.75. The molecule has 13 heavy (non-hydrogen) atoms. The minimum absolute atomic E-state index is 0.152. The zero-order chi connectivity index (χ0) is 9.48. The van der Waals surface area contributed by atoms with Crippen LogP contribution in [0.1, 0.15) is 46.5 Å². The first-order chi connectivity index (χ1) is 5.96. The van der Waals surface area contributed by atoms with Crippen molar-refractivity contribution in [1.82, 2.24) is 0 Å². The van der Waals surface area contributed by atoms with Crippen LogP contribution in [0.25, 0.3) is 0 Å². The Balaban J connectivity index is 2.20. The molecule has 3 aliphatic rings. The number of ketones is 1. The van der Waals surface area contributed by atoms with Crippen LogP contribution in [-0.4, -0.2) is 5.78 Å². The van der Waals surface area contributed by atoms with Crippen LogP contribution >= 0.6 is 0 Å². The third-order valence-corrected chi connectivity index (χ3v) is 5.82. The maximum absolute atomic E-state index is 12.2. The molecule has 3 saturated carbocycles. The first-order valence-electron chi connectivity index (χ1n) is 5.50. The summed E-state index contributed by atoms with van der Waals surface area (Å²) in [7, 11) is 0. The molecule has 0 N–H and O–H groups in total. The summed E-state index contributed by atoms with van der Waals surface area (Å²) >= 11 is 0. The average molecular weight is 178 g/mol. The van der Waals surface area contributed by atoms with Gasteiger partial charge in [-0.05, 0) is 36.5 Å². The number of hydrogen-bond donors (Lipinski definition) is 0. The molecule has 1 spiro atoms. The molecule has 0 amide bonds. The molecule has 0 aromatic rings. The number of rotatable bonds is 0. The highest BCUT2D eigenvalue weighted by Crippen LogP contribution is 2.79. The summed E-state index contributed by atoms with van der Waals surface area (Å²) in [6.07, 6.45) is 4.81. The lowest BCUT2D eigenvalue weighted by Gasteiger charge is -2.38. The molecule has 2 atom stereocenters. The van der Waals surface area contributed by atoms with Gasteiger partial charge in [-0.3, -0.25) is 4.79 Å².